The number of carbonyl (C=O) groups excluding carboxylic acids is 1. The third-order valence-corrected chi connectivity index (χ3v) is 2.37. The summed E-state index contributed by atoms with van der Waals surface area (Å²) >= 11 is 0. The Kier molecular flexibility index (Phi) is 1.79. The Morgan fingerprint density at radius 3 is 2.40 bits per heavy atom. The summed E-state index contributed by atoms with van der Waals surface area (Å²) < 4.78 is 0. The Morgan fingerprint density at radius 1 is 1.70 bits per heavy atom. The SMILES string of the molecule is C=CCC1(C(N)=O)CCC1. The number of hydrogen-bond donors (Lipinski definition) is 1. The van der Waals surface area contributed by atoms with E-state index in [-0.39, 0.29) is 11.3 Å². The fourth-order valence-corrected chi connectivity index (χ4v) is 1.43. The molecule has 1 fully saturated rings. The summed E-state index contributed by atoms with van der Waals surface area (Å²) in [4.78, 5) is 10.9. The highest BCUT2D eigenvalue weighted by Gasteiger charge is 2.41. The first-order valence-corrected chi connectivity index (χ1v) is 3.62. The molecule has 0 spiro atoms. The lowest BCUT2D eigenvalue weighted by Gasteiger charge is -2.37. The van der Waals surface area contributed by atoms with Crippen LogP contribution in [-0.4, -0.2) is 5.91 Å². The molecule has 0 unspecified atom stereocenters. The van der Waals surface area contributed by atoms with Gasteiger partial charge in [0.2, 0.25) is 5.91 Å². The molecule has 0 bridgehead atoms. The molecule has 0 aromatic carbocycles. The van der Waals surface area contributed by atoms with E-state index in [4.69, 9.17) is 5.73 Å². The smallest absolute Gasteiger partial charge is 0.223 e. The molecule has 1 aliphatic rings. The van der Waals surface area contributed by atoms with Gasteiger partial charge in [0.1, 0.15) is 0 Å². The second kappa shape index (κ2) is 2.45. The predicted molar refractivity (Wildman–Crippen MR) is 40.3 cm³/mol. The molecule has 1 amide bonds. The quantitative estimate of drug-likeness (QED) is 0.587. The Morgan fingerprint density at radius 2 is 2.30 bits per heavy atom. The van der Waals surface area contributed by atoms with Crippen molar-refractivity contribution in [1.29, 1.82) is 0 Å². The van der Waals surface area contributed by atoms with Gasteiger partial charge in [0.25, 0.3) is 0 Å². The molecule has 0 atom stereocenters. The molecule has 1 aliphatic carbocycles. The molecule has 0 aromatic rings. The van der Waals surface area contributed by atoms with Crippen LogP contribution >= 0.6 is 0 Å². The predicted octanol–water partition coefficient (Wildman–Crippen LogP) is 1.22. The van der Waals surface area contributed by atoms with Gasteiger partial charge in [0.15, 0.2) is 0 Å². The fraction of sp³-hybridized carbons (Fsp3) is 0.625. The summed E-state index contributed by atoms with van der Waals surface area (Å²) in [6.45, 7) is 3.60. The molecule has 0 radical (unpaired) electrons. The average Bonchev–Trinajstić information content (AvgIpc) is 1.77. The zero-order valence-corrected chi connectivity index (χ0v) is 6.10. The highest BCUT2D eigenvalue weighted by Crippen LogP contribution is 2.43. The molecule has 0 aliphatic heterocycles. The van der Waals surface area contributed by atoms with Crippen molar-refractivity contribution in [3.63, 3.8) is 0 Å². The molecule has 2 heteroatoms. The molecule has 0 aromatic heterocycles. The summed E-state index contributed by atoms with van der Waals surface area (Å²) in [5.74, 6) is -0.154. The van der Waals surface area contributed by atoms with Gasteiger partial charge in [-0.05, 0) is 19.3 Å². The second-order valence-corrected chi connectivity index (χ2v) is 2.99. The van der Waals surface area contributed by atoms with E-state index >= 15 is 0 Å². The molecule has 10 heavy (non-hydrogen) atoms. The van der Waals surface area contributed by atoms with Crippen molar-refractivity contribution in [2.75, 3.05) is 0 Å². The van der Waals surface area contributed by atoms with E-state index in [0.717, 1.165) is 25.7 Å². The number of primary amides is 1. The van der Waals surface area contributed by atoms with Gasteiger partial charge in [-0.1, -0.05) is 12.5 Å². The summed E-state index contributed by atoms with van der Waals surface area (Å²) in [6.07, 6.45) is 5.58. The third kappa shape index (κ3) is 0.939. The third-order valence-electron chi connectivity index (χ3n) is 2.37. The van der Waals surface area contributed by atoms with Crippen molar-refractivity contribution >= 4 is 5.91 Å². The maximum atomic E-state index is 10.9. The minimum atomic E-state index is -0.207. The van der Waals surface area contributed by atoms with Gasteiger partial charge in [-0.25, -0.2) is 0 Å². The first kappa shape index (κ1) is 7.32. The van der Waals surface area contributed by atoms with E-state index in [9.17, 15) is 4.79 Å². The number of nitrogens with two attached hydrogens (primary N) is 1. The van der Waals surface area contributed by atoms with Crippen LogP contribution in [0.3, 0.4) is 0 Å². The largest absolute Gasteiger partial charge is 0.369 e. The molecule has 1 rings (SSSR count). The lowest BCUT2D eigenvalue weighted by Crippen LogP contribution is -2.42. The highest BCUT2D eigenvalue weighted by molar-refractivity contribution is 5.81. The Labute approximate surface area is 61.1 Å². The number of hydrogen-bond acceptors (Lipinski definition) is 1. The van der Waals surface area contributed by atoms with Gasteiger partial charge in [-0.2, -0.15) is 0 Å². The molecule has 1 saturated carbocycles. The highest BCUT2D eigenvalue weighted by atomic mass is 16.1. The molecular formula is C8H13NO. The lowest BCUT2D eigenvalue weighted by molar-refractivity contribution is -0.132. The van der Waals surface area contributed by atoms with E-state index in [0.29, 0.717) is 0 Å². The van der Waals surface area contributed by atoms with Crippen molar-refractivity contribution in [2.45, 2.75) is 25.7 Å². The minimum absolute atomic E-state index is 0.154. The molecule has 56 valence electrons. The van der Waals surface area contributed by atoms with Crippen LogP contribution in [0.15, 0.2) is 12.7 Å². The molecule has 0 saturated heterocycles. The van der Waals surface area contributed by atoms with Crippen LogP contribution in [0.5, 0.6) is 0 Å². The van der Waals surface area contributed by atoms with Crippen LogP contribution in [0.2, 0.25) is 0 Å². The Bertz CT molecular complexity index is 159. The summed E-state index contributed by atoms with van der Waals surface area (Å²) in [6, 6.07) is 0. The normalized spacial score (nSPS) is 21.2. The average molecular weight is 139 g/mol. The maximum Gasteiger partial charge on any atom is 0.223 e. The van der Waals surface area contributed by atoms with Gasteiger partial charge in [0.05, 0.1) is 5.41 Å². The Hall–Kier alpha value is -0.790. The lowest BCUT2D eigenvalue weighted by atomic mass is 9.66. The summed E-state index contributed by atoms with van der Waals surface area (Å²) in [5, 5.41) is 0. The summed E-state index contributed by atoms with van der Waals surface area (Å²) in [5.41, 5.74) is 5.03. The van der Waals surface area contributed by atoms with Crippen LogP contribution in [-0.2, 0) is 4.79 Å². The monoisotopic (exact) mass is 139 g/mol. The van der Waals surface area contributed by atoms with E-state index in [1.165, 1.54) is 0 Å². The van der Waals surface area contributed by atoms with Gasteiger partial charge in [0, 0.05) is 0 Å². The number of rotatable bonds is 3. The molecule has 0 heterocycles. The van der Waals surface area contributed by atoms with Gasteiger partial charge in [-0.3, -0.25) is 4.79 Å². The van der Waals surface area contributed by atoms with Crippen molar-refractivity contribution in [3.05, 3.63) is 12.7 Å². The van der Waals surface area contributed by atoms with Crippen LogP contribution in [0.4, 0.5) is 0 Å². The number of amides is 1. The van der Waals surface area contributed by atoms with Gasteiger partial charge in [-0.15, -0.1) is 6.58 Å². The van der Waals surface area contributed by atoms with Gasteiger partial charge < -0.3 is 5.73 Å². The van der Waals surface area contributed by atoms with Crippen molar-refractivity contribution in [3.8, 4) is 0 Å². The molecule has 2 N–H and O–H groups in total. The van der Waals surface area contributed by atoms with Crippen molar-refractivity contribution < 1.29 is 4.79 Å². The van der Waals surface area contributed by atoms with Gasteiger partial charge >= 0.3 is 0 Å². The van der Waals surface area contributed by atoms with Crippen LogP contribution in [0.1, 0.15) is 25.7 Å². The van der Waals surface area contributed by atoms with Crippen LogP contribution in [0.25, 0.3) is 0 Å². The van der Waals surface area contributed by atoms with E-state index in [2.05, 4.69) is 6.58 Å². The zero-order valence-electron chi connectivity index (χ0n) is 6.10. The Balaban J connectivity index is 2.58. The maximum absolute atomic E-state index is 10.9. The molecule has 2 nitrogen and oxygen atoms in total. The zero-order chi connectivity index (χ0) is 7.61. The fourth-order valence-electron chi connectivity index (χ4n) is 1.43. The molecular weight excluding hydrogens is 126 g/mol. The minimum Gasteiger partial charge on any atom is -0.369 e. The van der Waals surface area contributed by atoms with E-state index in [1.54, 1.807) is 6.08 Å². The van der Waals surface area contributed by atoms with Crippen molar-refractivity contribution in [1.82, 2.24) is 0 Å². The summed E-state index contributed by atoms with van der Waals surface area (Å²) in [7, 11) is 0. The number of carbonyl (C=O) groups is 1. The second-order valence-electron chi connectivity index (χ2n) is 2.99. The van der Waals surface area contributed by atoms with E-state index in [1.807, 2.05) is 0 Å². The van der Waals surface area contributed by atoms with Crippen LogP contribution in [0, 0.1) is 5.41 Å². The number of allylic oxidation sites excluding steroid dienone is 1. The first-order valence-electron chi connectivity index (χ1n) is 3.62. The topological polar surface area (TPSA) is 43.1 Å². The standard InChI is InChI=1S/C8H13NO/c1-2-4-8(7(9)10)5-3-6-8/h2H,1,3-6H2,(H2,9,10). The van der Waals surface area contributed by atoms with Crippen LogP contribution < -0.4 is 5.73 Å². The first-order chi connectivity index (χ1) is 4.71. The van der Waals surface area contributed by atoms with E-state index < -0.39 is 0 Å². The van der Waals surface area contributed by atoms with Crippen molar-refractivity contribution in [2.24, 2.45) is 11.1 Å².